The summed E-state index contributed by atoms with van der Waals surface area (Å²) in [7, 11) is 0. The maximum atomic E-state index is 4.43. The molecule has 0 bridgehead atoms. The van der Waals surface area contributed by atoms with Crippen LogP contribution in [0.4, 0.5) is 5.82 Å². The average Bonchev–Trinajstić information content (AvgIpc) is 3.31. The number of hydrogen-bond acceptors (Lipinski definition) is 6. The normalized spacial score (nSPS) is 12.6. The highest BCUT2D eigenvalue weighted by Gasteiger charge is 2.16. The van der Waals surface area contributed by atoms with Gasteiger partial charge in [-0.1, -0.05) is 44.2 Å². The molecule has 0 unspecified atom stereocenters. The molecule has 3 heterocycles. The van der Waals surface area contributed by atoms with Crippen LogP contribution in [0.5, 0.6) is 0 Å². The number of hydrogen-bond donors (Lipinski definition) is 1. The molecule has 0 radical (unpaired) electrons. The molecule has 4 aromatic rings. The van der Waals surface area contributed by atoms with Gasteiger partial charge >= 0.3 is 0 Å². The minimum Gasteiger partial charge on any atom is -0.357 e. The van der Waals surface area contributed by atoms with Gasteiger partial charge in [-0.25, -0.2) is 0 Å². The Labute approximate surface area is 149 Å². The molecular formula is C18H18N6S. The summed E-state index contributed by atoms with van der Waals surface area (Å²) in [5, 5.41) is 21.4. The van der Waals surface area contributed by atoms with Crippen LogP contribution in [0.2, 0.25) is 0 Å². The monoisotopic (exact) mass is 350 g/mol. The van der Waals surface area contributed by atoms with E-state index in [0.29, 0.717) is 11.6 Å². The first-order valence-electron chi connectivity index (χ1n) is 8.16. The second kappa shape index (κ2) is 6.60. The standard InChI is InChI=1S/C18H18N6S/c1-12(2)13-5-7-14(8-6-13)18(15-4-3-11-25-15)19-16-9-10-17-20-22-23-24(17)21-16/h3-12,18H,1-2H3,(H,19,21)/t18-/m1/s1. The average molecular weight is 350 g/mol. The summed E-state index contributed by atoms with van der Waals surface area (Å²) in [5.74, 6) is 1.25. The highest BCUT2D eigenvalue weighted by molar-refractivity contribution is 7.10. The number of rotatable bonds is 5. The van der Waals surface area contributed by atoms with E-state index in [1.54, 1.807) is 11.3 Å². The third-order valence-electron chi connectivity index (χ3n) is 4.13. The van der Waals surface area contributed by atoms with E-state index in [4.69, 9.17) is 0 Å². The lowest BCUT2D eigenvalue weighted by atomic mass is 9.98. The van der Waals surface area contributed by atoms with E-state index in [2.05, 4.69) is 81.6 Å². The Morgan fingerprint density at radius 3 is 2.52 bits per heavy atom. The van der Waals surface area contributed by atoms with Crippen molar-refractivity contribution >= 4 is 22.8 Å². The molecule has 4 rings (SSSR count). The summed E-state index contributed by atoms with van der Waals surface area (Å²) in [5.41, 5.74) is 3.16. The topological polar surface area (TPSA) is 68.0 Å². The Hall–Kier alpha value is -2.80. The van der Waals surface area contributed by atoms with E-state index in [9.17, 15) is 0 Å². The smallest absolute Gasteiger partial charge is 0.200 e. The van der Waals surface area contributed by atoms with E-state index in [1.807, 2.05) is 12.1 Å². The molecule has 126 valence electrons. The Morgan fingerprint density at radius 1 is 1.00 bits per heavy atom. The second-order valence-electron chi connectivity index (χ2n) is 6.16. The predicted molar refractivity (Wildman–Crippen MR) is 98.9 cm³/mol. The molecule has 0 saturated heterocycles. The van der Waals surface area contributed by atoms with E-state index < -0.39 is 0 Å². The first-order valence-corrected chi connectivity index (χ1v) is 9.04. The maximum Gasteiger partial charge on any atom is 0.200 e. The molecular weight excluding hydrogens is 332 g/mol. The number of thiophene rings is 1. The molecule has 25 heavy (non-hydrogen) atoms. The first-order chi connectivity index (χ1) is 12.2. The third-order valence-corrected chi connectivity index (χ3v) is 5.06. The molecule has 7 heteroatoms. The van der Waals surface area contributed by atoms with Crippen LogP contribution in [0.3, 0.4) is 0 Å². The largest absolute Gasteiger partial charge is 0.357 e. The van der Waals surface area contributed by atoms with Crippen molar-refractivity contribution in [1.82, 2.24) is 25.3 Å². The number of nitrogens with zero attached hydrogens (tertiary/aromatic N) is 5. The lowest BCUT2D eigenvalue weighted by molar-refractivity contribution is 0.731. The van der Waals surface area contributed by atoms with Crippen LogP contribution in [0, 0.1) is 0 Å². The van der Waals surface area contributed by atoms with Gasteiger partial charge in [-0.2, -0.15) is 0 Å². The lowest BCUT2D eigenvalue weighted by Crippen LogP contribution is -2.13. The highest BCUT2D eigenvalue weighted by Crippen LogP contribution is 2.30. The van der Waals surface area contributed by atoms with Gasteiger partial charge in [-0.05, 0) is 51.1 Å². The van der Waals surface area contributed by atoms with Crippen molar-refractivity contribution in [3.05, 3.63) is 69.9 Å². The Balaban J connectivity index is 1.68. The van der Waals surface area contributed by atoms with Gasteiger partial charge in [0.2, 0.25) is 0 Å². The van der Waals surface area contributed by atoms with Crippen molar-refractivity contribution in [2.24, 2.45) is 0 Å². The Bertz CT molecular complexity index is 959. The summed E-state index contributed by atoms with van der Waals surface area (Å²) in [6.07, 6.45) is 0. The third kappa shape index (κ3) is 3.23. The fourth-order valence-electron chi connectivity index (χ4n) is 2.72. The molecule has 1 N–H and O–H groups in total. The minimum atomic E-state index is 0.0302. The summed E-state index contributed by atoms with van der Waals surface area (Å²) in [6.45, 7) is 4.41. The van der Waals surface area contributed by atoms with Crippen LogP contribution in [0.25, 0.3) is 5.65 Å². The maximum absolute atomic E-state index is 4.43. The number of tetrazole rings is 1. The van der Waals surface area contributed by atoms with Crippen molar-refractivity contribution in [2.75, 3.05) is 5.32 Å². The van der Waals surface area contributed by atoms with E-state index >= 15 is 0 Å². The second-order valence-corrected chi connectivity index (χ2v) is 7.14. The van der Waals surface area contributed by atoms with Gasteiger partial charge in [0.1, 0.15) is 5.82 Å². The molecule has 3 aromatic heterocycles. The van der Waals surface area contributed by atoms with Crippen molar-refractivity contribution in [2.45, 2.75) is 25.8 Å². The van der Waals surface area contributed by atoms with Gasteiger partial charge in [-0.15, -0.1) is 26.2 Å². The van der Waals surface area contributed by atoms with Gasteiger partial charge < -0.3 is 5.32 Å². The Morgan fingerprint density at radius 2 is 1.80 bits per heavy atom. The van der Waals surface area contributed by atoms with Crippen molar-refractivity contribution in [1.29, 1.82) is 0 Å². The molecule has 1 aromatic carbocycles. The summed E-state index contributed by atoms with van der Waals surface area (Å²) in [6, 6.07) is 16.7. The number of benzene rings is 1. The van der Waals surface area contributed by atoms with Crippen LogP contribution in [0.1, 0.15) is 41.8 Å². The molecule has 1 atom stereocenters. The molecule has 0 aliphatic carbocycles. The van der Waals surface area contributed by atoms with Gasteiger partial charge in [0, 0.05) is 4.88 Å². The number of anilines is 1. The zero-order chi connectivity index (χ0) is 17.2. The fourth-order valence-corrected chi connectivity index (χ4v) is 3.52. The van der Waals surface area contributed by atoms with Crippen LogP contribution < -0.4 is 5.32 Å². The van der Waals surface area contributed by atoms with Crippen LogP contribution in [0.15, 0.2) is 53.9 Å². The molecule has 0 spiro atoms. The van der Waals surface area contributed by atoms with Crippen LogP contribution in [-0.4, -0.2) is 25.3 Å². The van der Waals surface area contributed by atoms with Gasteiger partial charge in [0.15, 0.2) is 5.65 Å². The van der Waals surface area contributed by atoms with Crippen molar-refractivity contribution < 1.29 is 0 Å². The summed E-state index contributed by atoms with van der Waals surface area (Å²) in [4.78, 5) is 1.23. The van der Waals surface area contributed by atoms with Crippen LogP contribution >= 0.6 is 11.3 Å². The zero-order valence-corrected chi connectivity index (χ0v) is 14.8. The summed E-state index contributed by atoms with van der Waals surface area (Å²) < 4.78 is 1.43. The van der Waals surface area contributed by atoms with Crippen molar-refractivity contribution in [3.63, 3.8) is 0 Å². The van der Waals surface area contributed by atoms with Crippen molar-refractivity contribution in [3.8, 4) is 0 Å². The minimum absolute atomic E-state index is 0.0302. The van der Waals surface area contributed by atoms with E-state index in [1.165, 1.54) is 20.6 Å². The highest BCUT2D eigenvalue weighted by atomic mass is 32.1. The zero-order valence-electron chi connectivity index (χ0n) is 14.0. The quantitative estimate of drug-likeness (QED) is 0.591. The van der Waals surface area contributed by atoms with Gasteiger partial charge in [0.25, 0.3) is 0 Å². The Kier molecular flexibility index (Phi) is 4.15. The molecule has 0 aliphatic rings. The van der Waals surface area contributed by atoms with E-state index in [-0.39, 0.29) is 6.04 Å². The molecule has 0 amide bonds. The first kappa shape index (κ1) is 15.7. The molecule has 0 saturated carbocycles. The van der Waals surface area contributed by atoms with Gasteiger partial charge in [0.05, 0.1) is 6.04 Å². The summed E-state index contributed by atoms with van der Waals surface area (Å²) >= 11 is 1.72. The van der Waals surface area contributed by atoms with Crippen LogP contribution in [-0.2, 0) is 0 Å². The number of aromatic nitrogens is 5. The number of fused-ring (bicyclic) bond motifs is 1. The number of nitrogens with one attached hydrogen (secondary N) is 1. The molecule has 0 fully saturated rings. The predicted octanol–water partition coefficient (Wildman–Crippen LogP) is 3.91. The SMILES string of the molecule is CC(C)c1ccc([C@@H](Nc2ccc3nnnn3n2)c2cccs2)cc1. The van der Waals surface area contributed by atoms with Gasteiger partial charge in [-0.3, -0.25) is 0 Å². The lowest BCUT2D eigenvalue weighted by Gasteiger charge is -2.19. The molecule has 0 aliphatic heterocycles. The molecule has 6 nitrogen and oxygen atoms in total. The van der Waals surface area contributed by atoms with E-state index in [0.717, 1.165) is 5.82 Å². The fraction of sp³-hybridized carbons (Fsp3) is 0.222.